The van der Waals surface area contributed by atoms with Crippen molar-refractivity contribution < 1.29 is 0 Å². The zero-order valence-electron chi connectivity index (χ0n) is 10.6. The Kier molecular flexibility index (Phi) is 6.38. The number of hydrogen-bond donors (Lipinski definition) is 2. The number of hydrogen-bond acceptors (Lipinski definition) is 2. The van der Waals surface area contributed by atoms with Crippen molar-refractivity contribution in [1.29, 1.82) is 0 Å². The molecular weight excluding hydrogens is 172 g/mol. The van der Waals surface area contributed by atoms with Crippen LogP contribution in [0, 0.1) is 11.3 Å². The van der Waals surface area contributed by atoms with Gasteiger partial charge < -0.3 is 11.1 Å². The van der Waals surface area contributed by atoms with Crippen molar-refractivity contribution in [2.24, 2.45) is 17.1 Å². The van der Waals surface area contributed by atoms with Crippen molar-refractivity contribution >= 4 is 0 Å². The van der Waals surface area contributed by atoms with Gasteiger partial charge in [-0.25, -0.2) is 0 Å². The lowest BCUT2D eigenvalue weighted by molar-refractivity contribution is 0.293. The van der Waals surface area contributed by atoms with Crippen molar-refractivity contribution in [3.05, 3.63) is 0 Å². The summed E-state index contributed by atoms with van der Waals surface area (Å²) in [4.78, 5) is 0. The molecule has 0 spiro atoms. The maximum atomic E-state index is 5.53. The predicted octanol–water partition coefficient (Wildman–Crippen LogP) is 2.39. The second-order valence-corrected chi connectivity index (χ2v) is 5.75. The van der Waals surface area contributed by atoms with E-state index in [0.717, 1.165) is 19.0 Å². The molecule has 0 amide bonds. The van der Waals surface area contributed by atoms with Crippen LogP contribution in [0.1, 0.15) is 47.5 Å². The van der Waals surface area contributed by atoms with E-state index in [4.69, 9.17) is 5.73 Å². The monoisotopic (exact) mass is 200 g/mol. The van der Waals surface area contributed by atoms with E-state index in [0.29, 0.717) is 11.5 Å². The van der Waals surface area contributed by atoms with Crippen LogP contribution < -0.4 is 11.1 Å². The van der Waals surface area contributed by atoms with E-state index >= 15 is 0 Å². The molecule has 0 aromatic heterocycles. The fourth-order valence-electron chi connectivity index (χ4n) is 1.81. The van der Waals surface area contributed by atoms with Gasteiger partial charge in [-0.1, -0.05) is 27.7 Å². The fraction of sp³-hybridized carbons (Fsp3) is 1.00. The van der Waals surface area contributed by atoms with Gasteiger partial charge in [0.05, 0.1) is 0 Å². The Bertz CT molecular complexity index is 138. The first-order chi connectivity index (χ1) is 6.35. The van der Waals surface area contributed by atoms with Gasteiger partial charge in [0.15, 0.2) is 0 Å². The molecule has 0 heterocycles. The topological polar surface area (TPSA) is 38.0 Å². The zero-order valence-corrected chi connectivity index (χ0v) is 10.6. The van der Waals surface area contributed by atoms with Gasteiger partial charge in [-0.3, -0.25) is 0 Å². The van der Waals surface area contributed by atoms with Gasteiger partial charge in [-0.05, 0) is 37.6 Å². The van der Waals surface area contributed by atoms with E-state index in [1.807, 2.05) is 0 Å². The standard InChI is InChI=1S/C12H28N2/c1-10(8-12(3,4)5)6-7-14-11(2)9-13/h10-11,14H,6-9,13H2,1-5H3/t10?,11-/m1/s1. The number of rotatable bonds is 6. The third-order valence-corrected chi connectivity index (χ3v) is 2.44. The van der Waals surface area contributed by atoms with Gasteiger partial charge in [0.1, 0.15) is 0 Å². The maximum absolute atomic E-state index is 5.53. The summed E-state index contributed by atoms with van der Waals surface area (Å²) in [6.45, 7) is 13.2. The van der Waals surface area contributed by atoms with Crippen molar-refractivity contribution in [2.75, 3.05) is 13.1 Å². The molecule has 14 heavy (non-hydrogen) atoms. The van der Waals surface area contributed by atoms with E-state index in [-0.39, 0.29) is 0 Å². The Morgan fingerprint density at radius 1 is 1.21 bits per heavy atom. The Balaban J connectivity index is 3.50. The van der Waals surface area contributed by atoms with Crippen molar-refractivity contribution in [3.8, 4) is 0 Å². The lowest BCUT2D eigenvalue weighted by Crippen LogP contribution is -2.34. The molecule has 2 atom stereocenters. The van der Waals surface area contributed by atoms with Gasteiger partial charge in [-0.15, -0.1) is 0 Å². The molecule has 0 saturated heterocycles. The van der Waals surface area contributed by atoms with Crippen molar-refractivity contribution in [2.45, 2.75) is 53.5 Å². The van der Waals surface area contributed by atoms with E-state index in [1.54, 1.807) is 0 Å². The van der Waals surface area contributed by atoms with Gasteiger partial charge in [-0.2, -0.15) is 0 Å². The highest BCUT2D eigenvalue weighted by atomic mass is 14.9. The molecule has 0 aromatic carbocycles. The first-order valence-corrected chi connectivity index (χ1v) is 5.78. The molecule has 0 aliphatic rings. The summed E-state index contributed by atoms with van der Waals surface area (Å²) < 4.78 is 0. The third kappa shape index (κ3) is 8.52. The molecule has 0 bridgehead atoms. The minimum absolute atomic E-state index is 0.455. The largest absolute Gasteiger partial charge is 0.329 e. The Labute approximate surface area is 89.6 Å². The molecule has 0 fully saturated rings. The van der Waals surface area contributed by atoms with Crippen LogP contribution in [0.3, 0.4) is 0 Å². The van der Waals surface area contributed by atoms with E-state index in [9.17, 15) is 0 Å². The predicted molar refractivity (Wildman–Crippen MR) is 64.4 cm³/mol. The summed E-state index contributed by atoms with van der Waals surface area (Å²) in [6, 6.07) is 0.455. The summed E-state index contributed by atoms with van der Waals surface area (Å²) in [5, 5.41) is 3.42. The second kappa shape index (κ2) is 6.41. The van der Waals surface area contributed by atoms with Crippen LogP contribution in [-0.4, -0.2) is 19.1 Å². The molecule has 3 N–H and O–H groups in total. The summed E-state index contributed by atoms with van der Waals surface area (Å²) in [5.41, 5.74) is 5.99. The zero-order chi connectivity index (χ0) is 11.2. The van der Waals surface area contributed by atoms with Crippen LogP contribution in [0.25, 0.3) is 0 Å². The Morgan fingerprint density at radius 2 is 1.79 bits per heavy atom. The van der Waals surface area contributed by atoms with Gasteiger partial charge in [0.2, 0.25) is 0 Å². The lowest BCUT2D eigenvalue weighted by atomic mass is 9.84. The second-order valence-electron chi connectivity index (χ2n) is 5.75. The Morgan fingerprint density at radius 3 is 2.21 bits per heavy atom. The van der Waals surface area contributed by atoms with Crippen LogP contribution in [0.4, 0.5) is 0 Å². The number of nitrogens with two attached hydrogens (primary N) is 1. The average molecular weight is 200 g/mol. The fourth-order valence-corrected chi connectivity index (χ4v) is 1.81. The molecule has 86 valence electrons. The highest BCUT2D eigenvalue weighted by molar-refractivity contribution is 4.68. The summed E-state index contributed by atoms with van der Waals surface area (Å²) in [5.74, 6) is 0.799. The van der Waals surface area contributed by atoms with Gasteiger partial charge >= 0.3 is 0 Å². The molecule has 0 saturated carbocycles. The first-order valence-electron chi connectivity index (χ1n) is 5.78. The normalized spacial score (nSPS) is 16.7. The summed E-state index contributed by atoms with van der Waals surface area (Å²) in [7, 11) is 0. The molecule has 1 unspecified atom stereocenters. The molecular formula is C12H28N2. The highest BCUT2D eigenvalue weighted by Crippen LogP contribution is 2.25. The molecule has 0 aliphatic heterocycles. The number of nitrogens with one attached hydrogen (secondary N) is 1. The first kappa shape index (κ1) is 13.9. The van der Waals surface area contributed by atoms with E-state index in [2.05, 4.69) is 39.9 Å². The Hall–Kier alpha value is -0.0800. The maximum Gasteiger partial charge on any atom is 0.0161 e. The van der Waals surface area contributed by atoms with Crippen molar-refractivity contribution in [1.82, 2.24) is 5.32 Å². The molecule has 0 aliphatic carbocycles. The van der Waals surface area contributed by atoms with E-state index < -0.39 is 0 Å². The summed E-state index contributed by atoms with van der Waals surface area (Å²) in [6.07, 6.45) is 2.55. The van der Waals surface area contributed by atoms with Gasteiger partial charge in [0, 0.05) is 12.6 Å². The van der Waals surface area contributed by atoms with Crippen LogP contribution in [0.5, 0.6) is 0 Å². The molecule has 2 nitrogen and oxygen atoms in total. The van der Waals surface area contributed by atoms with E-state index in [1.165, 1.54) is 12.8 Å². The van der Waals surface area contributed by atoms with Crippen LogP contribution in [0.15, 0.2) is 0 Å². The smallest absolute Gasteiger partial charge is 0.0161 e. The highest BCUT2D eigenvalue weighted by Gasteiger charge is 2.14. The summed E-state index contributed by atoms with van der Waals surface area (Å²) >= 11 is 0. The van der Waals surface area contributed by atoms with Crippen LogP contribution >= 0.6 is 0 Å². The van der Waals surface area contributed by atoms with Gasteiger partial charge in [0.25, 0.3) is 0 Å². The molecule has 2 heteroatoms. The quantitative estimate of drug-likeness (QED) is 0.691. The van der Waals surface area contributed by atoms with Crippen LogP contribution in [0.2, 0.25) is 0 Å². The minimum Gasteiger partial charge on any atom is -0.329 e. The third-order valence-electron chi connectivity index (χ3n) is 2.44. The SMILES string of the molecule is CC(CCN[C@H](C)CN)CC(C)(C)C. The van der Waals surface area contributed by atoms with Crippen molar-refractivity contribution in [3.63, 3.8) is 0 Å². The van der Waals surface area contributed by atoms with Crippen LogP contribution in [-0.2, 0) is 0 Å². The lowest BCUT2D eigenvalue weighted by Gasteiger charge is -2.23. The molecule has 0 radical (unpaired) electrons. The minimum atomic E-state index is 0.455. The average Bonchev–Trinajstić information content (AvgIpc) is 2.00. The molecule has 0 aromatic rings. The molecule has 0 rings (SSSR count).